The van der Waals surface area contributed by atoms with E-state index in [0.29, 0.717) is 29.8 Å². The molecular formula is C30H31N3O4. The first-order valence-corrected chi connectivity index (χ1v) is 12.6. The number of carbonyl (C=O) groups excluding carboxylic acids is 3. The smallest absolute Gasteiger partial charge is 0.409 e. The van der Waals surface area contributed by atoms with Gasteiger partial charge >= 0.3 is 6.09 Å². The van der Waals surface area contributed by atoms with E-state index in [2.05, 4.69) is 5.32 Å². The van der Waals surface area contributed by atoms with Crippen LogP contribution in [0.15, 0.2) is 89.9 Å². The highest BCUT2D eigenvalue weighted by molar-refractivity contribution is 6.20. The second-order valence-electron chi connectivity index (χ2n) is 8.87. The molecule has 1 unspecified atom stereocenters. The minimum atomic E-state index is -1.26. The zero-order chi connectivity index (χ0) is 26.2. The molecule has 7 nitrogen and oxygen atoms in total. The Morgan fingerprint density at radius 3 is 2.22 bits per heavy atom. The topological polar surface area (TPSA) is 88.1 Å². The molecule has 2 amide bonds. The van der Waals surface area contributed by atoms with Gasteiger partial charge in [-0.2, -0.15) is 0 Å². The monoisotopic (exact) mass is 497 g/mol. The van der Waals surface area contributed by atoms with Crippen LogP contribution in [0.5, 0.6) is 0 Å². The summed E-state index contributed by atoms with van der Waals surface area (Å²) in [5.41, 5.74) is 3.46. The van der Waals surface area contributed by atoms with Gasteiger partial charge in [0.1, 0.15) is 6.61 Å². The number of carbonyl (C=O) groups is 3. The Hall–Kier alpha value is -4.26. The first kappa shape index (κ1) is 25.8. The molecule has 1 atom stereocenters. The molecular weight excluding hydrogens is 466 g/mol. The molecule has 0 saturated carbocycles. The maximum atomic E-state index is 13.8. The summed E-state index contributed by atoms with van der Waals surface area (Å²) in [6, 6.07) is 26.1. The van der Waals surface area contributed by atoms with Gasteiger partial charge in [-0.05, 0) is 24.5 Å². The van der Waals surface area contributed by atoms with E-state index in [9.17, 15) is 14.4 Å². The van der Waals surface area contributed by atoms with Crippen LogP contribution < -0.4 is 10.2 Å². The lowest BCUT2D eigenvalue weighted by Gasteiger charge is -2.26. The van der Waals surface area contributed by atoms with E-state index < -0.39 is 18.2 Å². The number of nitrogens with zero attached hydrogens (tertiary/aromatic N) is 2. The molecule has 0 bridgehead atoms. The van der Waals surface area contributed by atoms with Gasteiger partial charge in [0.2, 0.25) is 6.17 Å². The molecule has 7 heteroatoms. The summed E-state index contributed by atoms with van der Waals surface area (Å²) in [6.07, 6.45) is -0.646. The minimum Gasteiger partial charge on any atom is -0.445 e. The predicted molar refractivity (Wildman–Crippen MR) is 144 cm³/mol. The number of hydrogen-bond acceptors (Lipinski definition) is 5. The van der Waals surface area contributed by atoms with Crippen LogP contribution in [0.4, 0.5) is 10.5 Å². The molecule has 0 saturated heterocycles. The van der Waals surface area contributed by atoms with Crippen LogP contribution >= 0.6 is 0 Å². The summed E-state index contributed by atoms with van der Waals surface area (Å²) >= 11 is 0. The normalized spacial score (nSPS) is 15.0. The third kappa shape index (κ3) is 6.12. The van der Waals surface area contributed by atoms with Crippen molar-refractivity contribution >= 4 is 29.2 Å². The molecule has 1 N–H and O–H groups in total. The minimum absolute atomic E-state index is 0.0262. The zero-order valence-corrected chi connectivity index (χ0v) is 21.1. The zero-order valence-electron chi connectivity index (χ0n) is 21.1. The summed E-state index contributed by atoms with van der Waals surface area (Å²) < 4.78 is 5.37. The van der Waals surface area contributed by atoms with Gasteiger partial charge < -0.3 is 9.64 Å². The van der Waals surface area contributed by atoms with Crippen LogP contribution in [0, 0.1) is 5.92 Å². The molecule has 0 spiro atoms. The molecule has 1 aliphatic heterocycles. The summed E-state index contributed by atoms with van der Waals surface area (Å²) in [5, 5.41) is 2.62. The number of benzodiazepines with no additional fused rings is 1. The second kappa shape index (κ2) is 12.1. The van der Waals surface area contributed by atoms with E-state index in [0.717, 1.165) is 11.1 Å². The molecule has 0 aliphatic carbocycles. The molecule has 3 aromatic carbocycles. The van der Waals surface area contributed by atoms with E-state index in [1.54, 1.807) is 0 Å². The number of para-hydroxylation sites is 1. The predicted octanol–water partition coefficient (Wildman–Crippen LogP) is 5.13. The average molecular weight is 498 g/mol. The number of alkyl carbamates (subject to hydrolysis) is 1. The number of fused-ring (bicyclic) bond motifs is 1. The number of nitrogens with one attached hydrogen (secondary N) is 1. The fourth-order valence-corrected chi connectivity index (χ4v) is 4.42. The number of benzene rings is 3. The molecule has 0 radical (unpaired) electrons. The quantitative estimate of drug-likeness (QED) is 0.444. The summed E-state index contributed by atoms with van der Waals surface area (Å²) in [6.45, 7) is 3.89. The lowest BCUT2D eigenvalue weighted by Crippen LogP contribution is -2.49. The van der Waals surface area contributed by atoms with Gasteiger partial charge in [-0.15, -0.1) is 0 Å². The van der Waals surface area contributed by atoms with Crippen LogP contribution in [0.3, 0.4) is 0 Å². The number of ether oxygens (including phenoxy) is 1. The lowest BCUT2D eigenvalue weighted by atomic mass is 9.96. The molecule has 4 rings (SSSR count). The van der Waals surface area contributed by atoms with Crippen LogP contribution in [0.1, 0.15) is 43.4 Å². The van der Waals surface area contributed by atoms with Gasteiger partial charge in [0, 0.05) is 17.0 Å². The van der Waals surface area contributed by atoms with Gasteiger partial charge in [-0.1, -0.05) is 92.7 Å². The van der Waals surface area contributed by atoms with Crippen molar-refractivity contribution in [1.29, 1.82) is 0 Å². The van der Waals surface area contributed by atoms with Crippen molar-refractivity contribution in [1.82, 2.24) is 5.32 Å². The molecule has 1 aliphatic rings. The van der Waals surface area contributed by atoms with Gasteiger partial charge in [0.25, 0.3) is 5.91 Å². The van der Waals surface area contributed by atoms with E-state index in [1.807, 2.05) is 98.8 Å². The number of amides is 2. The van der Waals surface area contributed by atoms with Crippen LogP contribution in [-0.4, -0.2) is 36.2 Å². The Kier molecular flexibility index (Phi) is 8.46. The van der Waals surface area contributed by atoms with E-state index in [-0.39, 0.29) is 24.9 Å². The van der Waals surface area contributed by atoms with Crippen LogP contribution in [0.25, 0.3) is 0 Å². The first-order valence-electron chi connectivity index (χ1n) is 12.6. The molecule has 0 aromatic heterocycles. The first-order chi connectivity index (χ1) is 18.0. The lowest BCUT2D eigenvalue weighted by molar-refractivity contribution is -0.125. The highest BCUT2D eigenvalue weighted by Crippen LogP contribution is 2.29. The Balaban J connectivity index is 1.69. The van der Waals surface area contributed by atoms with Gasteiger partial charge in [0.05, 0.1) is 17.9 Å². The Bertz CT molecular complexity index is 1270. The van der Waals surface area contributed by atoms with E-state index >= 15 is 0 Å². The molecule has 1 heterocycles. The number of anilines is 1. The third-order valence-electron chi connectivity index (χ3n) is 6.48. The number of rotatable bonds is 9. The number of hydrogen-bond donors (Lipinski definition) is 1. The van der Waals surface area contributed by atoms with Crippen molar-refractivity contribution in [3.63, 3.8) is 0 Å². The maximum Gasteiger partial charge on any atom is 0.409 e. The number of Topliss-reactive ketones (excluding diaryl/α,β-unsaturated/α-hetero) is 1. The van der Waals surface area contributed by atoms with Crippen molar-refractivity contribution < 1.29 is 19.1 Å². The van der Waals surface area contributed by atoms with Crippen molar-refractivity contribution in [2.75, 3.05) is 11.4 Å². The van der Waals surface area contributed by atoms with Gasteiger partial charge in [-0.3, -0.25) is 14.9 Å². The summed E-state index contributed by atoms with van der Waals surface area (Å²) in [7, 11) is 0. The van der Waals surface area contributed by atoms with E-state index in [4.69, 9.17) is 9.73 Å². The van der Waals surface area contributed by atoms with Crippen molar-refractivity contribution in [3.8, 4) is 0 Å². The number of ketones is 1. The average Bonchev–Trinajstić information content (AvgIpc) is 3.04. The fraction of sp³-hybridized carbons (Fsp3) is 0.267. The highest BCUT2D eigenvalue weighted by Gasteiger charge is 2.35. The number of aliphatic imine (C=N–C) groups is 1. The molecule has 190 valence electrons. The maximum absolute atomic E-state index is 13.8. The Morgan fingerprint density at radius 2 is 1.54 bits per heavy atom. The molecule has 0 fully saturated rings. The SMILES string of the molecule is CCC(CC)C(=O)CN1C(=O)C(NC(=O)OCc2ccccc2)N=C(c2ccccc2)c2ccccc21. The molecule has 3 aromatic rings. The van der Waals surface area contributed by atoms with Crippen LogP contribution in [0.2, 0.25) is 0 Å². The largest absolute Gasteiger partial charge is 0.445 e. The summed E-state index contributed by atoms with van der Waals surface area (Å²) in [5.74, 6) is -0.670. The van der Waals surface area contributed by atoms with Crippen molar-refractivity contribution in [2.45, 2.75) is 39.5 Å². The van der Waals surface area contributed by atoms with Gasteiger partial charge in [0.15, 0.2) is 5.78 Å². The summed E-state index contributed by atoms with van der Waals surface area (Å²) in [4.78, 5) is 45.9. The van der Waals surface area contributed by atoms with Crippen molar-refractivity contribution in [2.24, 2.45) is 10.9 Å². The van der Waals surface area contributed by atoms with E-state index in [1.165, 1.54) is 4.90 Å². The highest BCUT2D eigenvalue weighted by atomic mass is 16.5. The Morgan fingerprint density at radius 1 is 0.919 bits per heavy atom. The second-order valence-corrected chi connectivity index (χ2v) is 8.87. The van der Waals surface area contributed by atoms with Gasteiger partial charge in [-0.25, -0.2) is 9.79 Å². The van der Waals surface area contributed by atoms with Crippen molar-refractivity contribution in [3.05, 3.63) is 102 Å². The third-order valence-corrected chi connectivity index (χ3v) is 6.48. The molecule has 37 heavy (non-hydrogen) atoms. The van der Waals surface area contributed by atoms with Crippen LogP contribution in [-0.2, 0) is 20.9 Å². The standard InChI is InChI=1S/C30H31N3O4/c1-3-22(4-2)26(34)19-33-25-18-12-11-17-24(25)27(23-15-9-6-10-16-23)31-28(29(33)35)32-30(36)37-20-21-13-7-5-8-14-21/h5-18,22,28H,3-4,19-20H2,1-2H3,(H,32,36). The Labute approximate surface area is 217 Å². The fourth-order valence-electron chi connectivity index (χ4n) is 4.42.